The van der Waals surface area contributed by atoms with E-state index < -0.39 is 5.97 Å². The lowest BCUT2D eigenvalue weighted by Crippen LogP contribution is -2.10. The third kappa shape index (κ3) is 3.84. The van der Waals surface area contributed by atoms with Gasteiger partial charge in [-0.2, -0.15) is 10.1 Å². The Balaban J connectivity index is 1.90. The number of nitrogens with zero attached hydrogens (tertiary/aromatic N) is 5. The molecule has 0 aromatic carbocycles. The number of ether oxygens (including phenoxy) is 1. The second-order valence-corrected chi connectivity index (χ2v) is 7.45. The lowest BCUT2D eigenvalue weighted by atomic mass is 10.1. The molecule has 0 spiro atoms. The number of carbonyl (C=O) groups excluding carboxylic acids is 1. The molecule has 0 radical (unpaired) electrons. The molecule has 0 saturated carbocycles. The minimum atomic E-state index is -0.461. The van der Waals surface area contributed by atoms with Crippen LogP contribution in [0, 0.1) is 0 Å². The molecule has 0 N–H and O–H groups in total. The average Bonchev–Trinajstić information content (AvgIpc) is 3.25. The van der Waals surface area contributed by atoms with Gasteiger partial charge in [-0.05, 0) is 25.8 Å². The number of hydrogen-bond donors (Lipinski definition) is 0. The monoisotopic (exact) mass is 371 g/mol. The van der Waals surface area contributed by atoms with E-state index >= 15 is 0 Å². The molecule has 0 amide bonds. The van der Waals surface area contributed by atoms with Crippen molar-refractivity contribution in [1.82, 2.24) is 24.9 Å². The summed E-state index contributed by atoms with van der Waals surface area (Å²) in [4.78, 5) is 21.7. The van der Waals surface area contributed by atoms with Crippen molar-refractivity contribution >= 4 is 17.0 Å². The van der Waals surface area contributed by atoms with Crippen LogP contribution in [-0.4, -0.2) is 30.9 Å². The zero-order valence-electron chi connectivity index (χ0n) is 16.6. The fourth-order valence-electron chi connectivity index (χ4n) is 2.65. The number of hydrogen-bond acceptors (Lipinski definition) is 7. The summed E-state index contributed by atoms with van der Waals surface area (Å²) in [5.74, 6) is 0.721. The molecule has 0 aliphatic carbocycles. The van der Waals surface area contributed by atoms with Gasteiger partial charge in [-0.25, -0.2) is 14.5 Å². The Hall–Kier alpha value is -2.77. The summed E-state index contributed by atoms with van der Waals surface area (Å²) in [6.07, 6.45) is 1.66. The molecule has 27 heavy (non-hydrogen) atoms. The summed E-state index contributed by atoms with van der Waals surface area (Å²) in [5.41, 5.74) is 1.94. The third-order valence-electron chi connectivity index (χ3n) is 4.21. The Labute approximate surface area is 157 Å². The standard InChI is InChI=1S/C19H25N5O3/c1-10(2)15-7-13(14-8-20-24(12(5)6)18(14)21-15)19(25)26-9-16-22-17(11(3)4)23-27-16/h7-8,10-12H,9H2,1-6H3. The number of esters is 1. The molecular formula is C19H25N5O3. The first-order valence-corrected chi connectivity index (χ1v) is 9.15. The highest BCUT2D eigenvalue weighted by Crippen LogP contribution is 2.25. The van der Waals surface area contributed by atoms with Crippen LogP contribution in [0.2, 0.25) is 0 Å². The molecule has 0 aliphatic rings. The molecule has 3 aromatic heterocycles. The number of pyridine rings is 1. The number of fused-ring (bicyclic) bond motifs is 1. The van der Waals surface area contributed by atoms with Gasteiger partial charge in [0.2, 0.25) is 0 Å². The Morgan fingerprint density at radius 1 is 1.15 bits per heavy atom. The van der Waals surface area contributed by atoms with Gasteiger partial charge >= 0.3 is 5.97 Å². The molecule has 8 heteroatoms. The van der Waals surface area contributed by atoms with Gasteiger partial charge in [-0.1, -0.05) is 32.9 Å². The molecule has 0 aliphatic heterocycles. The number of aromatic nitrogens is 5. The fraction of sp³-hybridized carbons (Fsp3) is 0.526. The van der Waals surface area contributed by atoms with E-state index in [1.807, 2.05) is 46.2 Å². The third-order valence-corrected chi connectivity index (χ3v) is 4.21. The van der Waals surface area contributed by atoms with Gasteiger partial charge in [-0.15, -0.1) is 0 Å². The van der Waals surface area contributed by atoms with Crippen LogP contribution in [0.4, 0.5) is 0 Å². The smallest absolute Gasteiger partial charge is 0.339 e. The lowest BCUT2D eigenvalue weighted by molar-refractivity contribution is 0.0432. The maximum atomic E-state index is 12.7. The molecule has 8 nitrogen and oxygen atoms in total. The highest BCUT2D eigenvalue weighted by molar-refractivity contribution is 6.02. The second-order valence-electron chi connectivity index (χ2n) is 7.45. The van der Waals surface area contributed by atoms with Crippen LogP contribution in [0.5, 0.6) is 0 Å². The summed E-state index contributed by atoms with van der Waals surface area (Å²) < 4.78 is 12.4. The van der Waals surface area contributed by atoms with Gasteiger partial charge in [0, 0.05) is 17.7 Å². The first kappa shape index (κ1) is 19.0. The first-order chi connectivity index (χ1) is 12.8. The molecular weight excluding hydrogens is 346 g/mol. The summed E-state index contributed by atoms with van der Waals surface area (Å²) >= 11 is 0. The zero-order valence-corrected chi connectivity index (χ0v) is 16.6. The maximum absolute atomic E-state index is 12.7. The molecule has 3 rings (SSSR count). The second kappa shape index (κ2) is 7.46. The predicted molar refractivity (Wildman–Crippen MR) is 99.5 cm³/mol. The van der Waals surface area contributed by atoms with E-state index in [1.165, 1.54) is 0 Å². The van der Waals surface area contributed by atoms with E-state index in [4.69, 9.17) is 14.2 Å². The van der Waals surface area contributed by atoms with Gasteiger partial charge in [0.1, 0.15) is 0 Å². The van der Waals surface area contributed by atoms with Crippen molar-refractivity contribution in [2.45, 2.75) is 66.0 Å². The van der Waals surface area contributed by atoms with Crippen molar-refractivity contribution in [3.63, 3.8) is 0 Å². The Kier molecular flexibility index (Phi) is 5.25. The van der Waals surface area contributed by atoms with E-state index in [-0.39, 0.29) is 30.4 Å². The summed E-state index contributed by atoms with van der Waals surface area (Å²) in [7, 11) is 0. The van der Waals surface area contributed by atoms with Gasteiger partial charge in [0.05, 0.1) is 17.1 Å². The molecule has 0 fully saturated rings. The lowest BCUT2D eigenvalue weighted by Gasteiger charge is -2.11. The van der Waals surface area contributed by atoms with Gasteiger partial charge in [-0.3, -0.25) is 0 Å². The van der Waals surface area contributed by atoms with Gasteiger partial charge < -0.3 is 9.26 Å². The molecule has 0 bridgehead atoms. The van der Waals surface area contributed by atoms with Crippen molar-refractivity contribution < 1.29 is 14.1 Å². The van der Waals surface area contributed by atoms with Crippen molar-refractivity contribution in [3.8, 4) is 0 Å². The Morgan fingerprint density at radius 2 is 1.89 bits per heavy atom. The molecule has 3 aromatic rings. The number of rotatable bonds is 6. The van der Waals surface area contributed by atoms with E-state index in [9.17, 15) is 4.79 Å². The highest BCUT2D eigenvalue weighted by atomic mass is 16.6. The van der Waals surface area contributed by atoms with Crippen molar-refractivity contribution in [3.05, 3.63) is 35.2 Å². The summed E-state index contributed by atoms with van der Waals surface area (Å²) in [5, 5.41) is 8.93. The van der Waals surface area contributed by atoms with Gasteiger partial charge in [0.25, 0.3) is 5.89 Å². The molecule has 0 unspecified atom stereocenters. The first-order valence-electron chi connectivity index (χ1n) is 9.15. The van der Waals surface area contributed by atoms with E-state index in [2.05, 4.69) is 15.2 Å². The Bertz CT molecular complexity index is 956. The Morgan fingerprint density at radius 3 is 2.48 bits per heavy atom. The van der Waals surface area contributed by atoms with Crippen molar-refractivity contribution in [1.29, 1.82) is 0 Å². The van der Waals surface area contributed by atoms with E-state index in [0.29, 0.717) is 22.4 Å². The minimum Gasteiger partial charge on any atom is -0.452 e. The normalized spacial score (nSPS) is 11.9. The van der Waals surface area contributed by atoms with E-state index in [0.717, 1.165) is 5.69 Å². The zero-order chi connectivity index (χ0) is 19.7. The minimum absolute atomic E-state index is 0.0717. The average molecular weight is 371 g/mol. The topological polar surface area (TPSA) is 95.9 Å². The number of carbonyl (C=O) groups is 1. The largest absolute Gasteiger partial charge is 0.452 e. The van der Waals surface area contributed by atoms with Crippen LogP contribution in [0.15, 0.2) is 16.8 Å². The van der Waals surface area contributed by atoms with Crippen molar-refractivity contribution in [2.75, 3.05) is 0 Å². The molecule has 0 saturated heterocycles. The van der Waals surface area contributed by atoms with Crippen LogP contribution in [0.25, 0.3) is 11.0 Å². The van der Waals surface area contributed by atoms with Crippen LogP contribution < -0.4 is 0 Å². The van der Waals surface area contributed by atoms with Crippen LogP contribution in [0.3, 0.4) is 0 Å². The summed E-state index contributed by atoms with van der Waals surface area (Å²) in [6, 6.07) is 1.91. The highest BCUT2D eigenvalue weighted by Gasteiger charge is 2.21. The van der Waals surface area contributed by atoms with E-state index in [1.54, 1.807) is 12.3 Å². The van der Waals surface area contributed by atoms with Crippen molar-refractivity contribution in [2.24, 2.45) is 0 Å². The summed E-state index contributed by atoms with van der Waals surface area (Å²) in [6.45, 7) is 12.0. The molecule has 144 valence electrons. The van der Waals surface area contributed by atoms with Gasteiger partial charge in [0.15, 0.2) is 18.1 Å². The molecule has 3 heterocycles. The predicted octanol–water partition coefficient (Wildman–Crippen LogP) is 4.00. The van der Waals surface area contributed by atoms with Crippen LogP contribution in [0.1, 0.15) is 87.2 Å². The molecule has 0 atom stereocenters. The van der Waals surface area contributed by atoms with Crippen LogP contribution >= 0.6 is 0 Å². The quantitative estimate of drug-likeness (QED) is 0.604. The fourth-order valence-corrected chi connectivity index (χ4v) is 2.65. The van der Waals surface area contributed by atoms with Crippen LogP contribution in [-0.2, 0) is 11.3 Å². The maximum Gasteiger partial charge on any atom is 0.339 e. The SMILES string of the molecule is CC(C)c1cc(C(=O)OCc2nc(C(C)C)no2)c2cnn(C(C)C)c2n1.